The molecule has 0 spiro atoms. The second kappa shape index (κ2) is 3.81. The van der Waals surface area contributed by atoms with E-state index < -0.39 is 0 Å². The van der Waals surface area contributed by atoms with Gasteiger partial charge in [0.05, 0.1) is 5.56 Å². The first-order valence-electron chi connectivity index (χ1n) is 3.78. The SMILES string of the molecule is CC(N)C(=[N+]=[N-])c1ccccc1. The molecule has 1 unspecified atom stereocenters. The third kappa shape index (κ3) is 1.78. The first-order chi connectivity index (χ1) is 5.75. The Morgan fingerprint density at radius 3 is 2.42 bits per heavy atom. The van der Waals surface area contributed by atoms with Gasteiger partial charge in [0.1, 0.15) is 6.04 Å². The van der Waals surface area contributed by atoms with E-state index in [1.165, 1.54) is 0 Å². The van der Waals surface area contributed by atoms with E-state index in [0.29, 0.717) is 5.71 Å². The highest BCUT2D eigenvalue weighted by atomic mass is 14.9. The van der Waals surface area contributed by atoms with Gasteiger partial charge in [0.25, 0.3) is 0 Å². The molecule has 0 heterocycles. The lowest BCUT2D eigenvalue weighted by Gasteiger charge is -1.98. The summed E-state index contributed by atoms with van der Waals surface area (Å²) in [6, 6.07) is 9.12. The number of nitrogens with zero attached hydrogens (tertiary/aromatic N) is 2. The van der Waals surface area contributed by atoms with E-state index >= 15 is 0 Å². The van der Waals surface area contributed by atoms with Crippen LogP contribution in [-0.4, -0.2) is 16.5 Å². The van der Waals surface area contributed by atoms with Gasteiger partial charge in [0.2, 0.25) is 0 Å². The molecule has 0 aromatic heterocycles. The van der Waals surface area contributed by atoms with Crippen LogP contribution in [-0.2, 0) is 0 Å². The summed E-state index contributed by atoms with van der Waals surface area (Å²) in [6.45, 7) is 1.78. The van der Waals surface area contributed by atoms with Crippen molar-refractivity contribution in [1.82, 2.24) is 0 Å². The van der Waals surface area contributed by atoms with Crippen LogP contribution in [0.2, 0.25) is 0 Å². The quantitative estimate of drug-likeness (QED) is 0.393. The van der Waals surface area contributed by atoms with Crippen LogP contribution in [0, 0.1) is 0 Å². The Balaban J connectivity index is 3.06. The Bertz CT molecular complexity index is 297. The maximum absolute atomic E-state index is 8.66. The van der Waals surface area contributed by atoms with Crippen LogP contribution in [0.4, 0.5) is 0 Å². The van der Waals surface area contributed by atoms with E-state index in [-0.39, 0.29) is 6.04 Å². The minimum absolute atomic E-state index is 0.252. The molecule has 0 aliphatic rings. The lowest BCUT2D eigenvalue weighted by molar-refractivity contribution is -0.00796. The smallest absolute Gasteiger partial charge is 0.315 e. The van der Waals surface area contributed by atoms with Crippen molar-refractivity contribution in [3.63, 3.8) is 0 Å². The maximum atomic E-state index is 8.66. The summed E-state index contributed by atoms with van der Waals surface area (Å²) in [5, 5.41) is 0. The fourth-order valence-corrected chi connectivity index (χ4v) is 1.02. The van der Waals surface area contributed by atoms with Gasteiger partial charge in [0.15, 0.2) is 0 Å². The molecule has 0 bridgehead atoms. The summed E-state index contributed by atoms with van der Waals surface area (Å²) in [7, 11) is 0. The maximum Gasteiger partial charge on any atom is 0.315 e. The molecule has 0 aliphatic carbocycles. The van der Waals surface area contributed by atoms with Crippen molar-refractivity contribution >= 4 is 5.71 Å². The Hall–Kier alpha value is -1.44. The Labute approximate surface area is 71.4 Å². The third-order valence-corrected chi connectivity index (χ3v) is 1.61. The number of benzene rings is 1. The van der Waals surface area contributed by atoms with Crippen LogP contribution in [0.25, 0.3) is 5.53 Å². The van der Waals surface area contributed by atoms with E-state index in [2.05, 4.69) is 4.79 Å². The minimum atomic E-state index is -0.252. The lowest BCUT2D eigenvalue weighted by Crippen LogP contribution is -2.28. The summed E-state index contributed by atoms with van der Waals surface area (Å²) in [5.41, 5.74) is 15.6. The van der Waals surface area contributed by atoms with E-state index in [0.717, 1.165) is 5.56 Å². The lowest BCUT2D eigenvalue weighted by atomic mass is 10.1. The Kier molecular flexibility index (Phi) is 2.75. The summed E-state index contributed by atoms with van der Waals surface area (Å²) >= 11 is 0. The van der Waals surface area contributed by atoms with Gasteiger partial charge >= 0.3 is 5.71 Å². The number of rotatable bonds is 2. The summed E-state index contributed by atoms with van der Waals surface area (Å²) in [6.07, 6.45) is 0. The molecule has 3 heteroatoms. The predicted octanol–water partition coefficient (Wildman–Crippen LogP) is 1.05. The Morgan fingerprint density at radius 1 is 1.42 bits per heavy atom. The van der Waals surface area contributed by atoms with Gasteiger partial charge in [0, 0.05) is 0 Å². The van der Waals surface area contributed by atoms with E-state index in [1.807, 2.05) is 30.3 Å². The number of nitrogens with two attached hydrogens (primary N) is 1. The molecular weight excluding hydrogens is 150 g/mol. The molecule has 0 saturated heterocycles. The normalized spacial score (nSPS) is 11.8. The van der Waals surface area contributed by atoms with E-state index in [9.17, 15) is 0 Å². The molecule has 0 amide bonds. The zero-order chi connectivity index (χ0) is 8.97. The van der Waals surface area contributed by atoms with Crippen molar-refractivity contribution in [2.45, 2.75) is 13.0 Å². The topological polar surface area (TPSA) is 62.4 Å². The molecule has 0 fully saturated rings. The first-order valence-corrected chi connectivity index (χ1v) is 3.78. The molecule has 1 atom stereocenters. The van der Waals surface area contributed by atoms with Crippen LogP contribution in [0.3, 0.4) is 0 Å². The zero-order valence-electron chi connectivity index (χ0n) is 6.94. The molecule has 0 radical (unpaired) electrons. The summed E-state index contributed by atoms with van der Waals surface area (Å²) < 4.78 is 0. The second-order valence-electron chi connectivity index (χ2n) is 2.64. The average Bonchev–Trinajstić information content (AvgIpc) is 2.07. The molecule has 0 aliphatic heterocycles. The van der Waals surface area contributed by atoms with E-state index in [4.69, 9.17) is 11.3 Å². The predicted molar refractivity (Wildman–Crippen MR) is 47.8 cm³/mol. The molecule has 12 heavy (non-hydrogen) atoms. The molecular formula is C9H11N3. The van der Waals surface area contributed by atoms with Crippen LogP contribution in [0.1, 0.15) is 12.5 Å². The van der Waals surface area contributed by atoms with Crippen LogP contribution < -0.4 is 5.73 Å². The van der Waals surface area contributed by atoms with Gasteiger partial charge in [-0.1, -0.05) is 18.2 Å². The molecule has 1 aromatic rings. The molecule has 2 N–H and O–H groups in total. The average molecular weight is 161 g/mol. The standard InChI is InChI=1S/C9H11N3/c1-7(10)9(12-11)8-5-3-2-4-6-8/h2-7H,10H2,1H3. The summed E-state index contributed by atoms with van der Waals surface area (Å²) in [4.78, 5) is 3.15. The van der Waals surface area contributed by atoms with Gasteiger partial charge in [-0.2, -0.15) is 4.79 Å². The fourth-order valence-electron chi connectivity index (χ4n) is 1.02. The fraction of sp³-hybridized carbons (Fsp3) is 0.222. The molecule has 1 rings (SSSR count). The van der Waals surface area contributed by atoms with Crippen molar-refractivity contribution in [3.8, 4) is 0 Å². The van der Waals surface area contributed by atoms with Crippen molar-refractivity contribution in [3.05, 3.63) is 41.4 Å². The second-order valence-corrected chi connectivity index (χ2v) is 2.64. The molecule has 3 nitrogen and oxygen atoms in total. The van der Waals surface area contributed by atoms with Crippen LogP contribution in [0.5, 0.6) is 0 Å². The highest BCUT2D eigenvalue weighted by Gasteiger charge is 2.15. The number of hydrogen-bond acceptors (Lipinski definition) is 1. The largest absolute Gasteiger partial charge is 0.361 e. The van der Waals surface area contributed by atoms with Crippen molar-refractivity contribution in [2.24, 2.45) is 5.73 Å². The van der Waals surface area contributed by atoms with Crippen molar-refractivity contribution in [2.75, 3.05) is 0 Å². The molecule has 1 aromatic carbocycles. The highest BCUT2D eigenvalue weighted by molar-refractivity contribution is 5.99. The van der Waals surface area contributed by atoms with Crippen LogP contribution in [0.15, 0.2) is 30.3 Å². The van der Waals surface area contributed by atoms with Crippen molar-refractivity contribution in [1.29, 1.82) is 0 Å². The monoisotopic (exact) mass is 161 g/mol. The van der Waals surface area contributed by atoms with Gasteiger partial charge in [-0.05, 0) is 19.1 Å². The molecule has 62 valence electrons. The minimum Gasteiger partial charge on any atom is -0.361 e. The van der Waals surface area contributed by atoms with Crippen LogP contribution >= 0.6 is 0 Å². The van der Waals surface area contributed by atoms with Gasteiger partial charge in [-0.3, -0.25) is 0 Å². The Morgan fingerprint density at radius 2 is 2.00 bits per heavy atom. The molecule has 0 saturated carbocycles. The van der Waals surface area contributed by atoms with Gasteiger partial charge < -0.3 is 11.3 Å². The summed E-state index contributed by atoms with van der Waals surface area (Å²) in [5.74, 6) is 0. The number of hydrogen-bond donors (Lipinski definition) is 1. The van der Waals surface area contributed by atoms with Gasteiger partial charge in [-0.15, -0.1) is 0 Å². The van der Waals surface area contributed by atoms with E-state index in [1.54, 1.807) is 6.92 Å². The zero-order valence-corrected chi connectivity index (χ0v) is 6.94. The van der Waals surface area contributed by atoms with Gasteiger partial charge in [-0.25, -0.2) is 0 Å². The third-order valence-electron chi connectivity index (χ3n) is 1.61. The first kappa shape index (κ1) is 8.65. The highest BCUT2D eigenvalue weighted by Crippen LogP contribution is 2.00. The van der Waals surface area contributed by atoms with Crippen molar-refractivity contribution < 1.29 is 4.79 Å².